The third kappa shape index (κ3) is 1.97. The summed E-state index contributed by atoms with van der Waals surface area (Å²) in [4.78, 5) is 0. The molecule has 0 saturated carbocycles. The highest BCUT2D eigenvalue weighted by Gasteiger charge is 2.16. The van der Waals surface area contributed by atoms with Crippen molar-refractivity contribution < 1.29 is 0 Å². The molecule has 0 aliphatic rings. The quantitative estimate of drug-likeness (QED) is 0.855. The Hall–Kier alpha value is -0.950. The minimum atomic E-state index is -0.174. The first-order valence-corrected chi connectivity index (χ1v) is 6.04. The van der Waals surface area contributed by atoms with E-state index in [2.05, 4.69) is 45.9 Å². The van der Waals surface area contributed by atoms with Crippen LogP contribution in [-0.2, 0) is 7.05 Å². The van der Waals surface area contributed by atoms with Crippen LogP contribution in [0.15, 0.2) is 24.4 Å². The molecule has 2 N–H and O–H groups in total. The lowest BCUT2D eigenvalue weighted by molar-refractivity contribution is 0.650. The fraction of sp³-hybridized carbons (Fsp3) is 0.273. The van der Waals surface area contributed by atoms with Crippen molar-refractivity contribution in [2.24, 2.45) is 12.8 Å². The maximum Gasteiger partial charge on any atom is 0.0796 e. The Kier molecular flexibility index (Phi) is 3.25. The van der Waals surface area contributed by atoms with Gasteiger partial charge in [-0.2, -0.15) is 0 Å². The highest BCUT2D eigenvalue weighted by atomic mass is 127. The van der Waals surface area contributed by atoms with Gasteiger partial charge in [0.1, 0.15) is 0 Å². The van der Waals surface area contributed by atoms with Crippen molar-refractivity contribution in [1.82, 2.24) is 15.0 Å². The third-order valence-electron chi connectivity index (χ3n) is 2.62. The molecule has 0 aliphatic carbocycles. The lowest BCUT2D eigenvalue weighted by Gasteiger charge is -2.14. The van der Waals surface area contributed by atoms with Crippen molar-refractivity contribution in [3.05, 3.63) is 44.8 Å². The van der Waals surface area contributed by atoms with Crippen LogP contribution in [-0.4, -0.2) is 15.0 Å². The molecule has 0 amide bonds. The molecule has 0 saturated heterocycles. The highest BCUT2D eigenvalue weighted by molar-refractivity contribution is 14.1. The summed E-state index contributed by atoms with van der Waals surface area (Å²) in [6.07, 6.45) is 1.71. The molecule has 1 aromatic carbocycles. The number of rotatable bonds is 2. The van der Waals surface area contributed by atoms with Gasteiger partial charge in [0.25, 0.3) is 0 Å². The second kappa shape index (κ2) is 4.50. The van der Waals surface area contributed by atoms with E-state index in [9.17, 15) is 0 Å². The molecule has 0 spiro atoms. The van der Waals surface area contributed by atoms with Crippen LogP contribution in [0.3, 0.4) is 0 Å². The van der Waals surface area contributed by atoms with Crippen LogP contribution in [0.1, 0.15) is 22.9 Å². The van der Waals surface area contributed by atoms with Crippen molar-refractivity contribution in [3.8, 4) is 0 Å². The molecule has 4 nitrogen and oxygen atoms in total. The minimum Gasteiger partial charge on any atom is -0.319 e. The molecule has 1 aromatic heterocycles. The summed E-state index contributed by atoms with van der Waals surface area (Å²) in [5.74, 6) is 0. The van der Waals surface area contributed by atoms with Gasteiger partial charge in [-0.3, -0.25) is 4.68 Å². The van der Waals surface area contributed by atoms with Gasteiger partial charge in [0.15, 0.2) is 0 Å². The average molecular weight is 328 g/mol. The predicted molar refractivity (Wildman–Crippen MR) is 70.9 cm³/mol. The highest BCUT2D eigenvalue weighted by Crippen LogP contribution is 2.25. The van der Waals surface area contributed by atoms with Gasteiger partial charge in [-0.25, -0.2) is 0 Å². The molecule has 84 valence electrons. The minimum absolute atomic E-state index is 0.174. The van der Waals surface area contributed by atoms with Crippen molar-refractivity contribution in [1.29, 1.82) is 0 Å². The fourth-order valence-corrected chi connectivity index (χ4v) is 2.34. The van der Waals surface area contributed by atoms with Crippen LogP contribution in [0.2, 0.25) is 0 Å². The SMILES string of the molecule is Cc1cccc(C(N)c2cnnn2C)c1I. The van der Waals surface area contributed by atoms with E-state index in [4.69, 9.17) is 5.73 Å². The van der Waals surface area contributed by atoms with Crippen LogP contribution in [0.5, 0.6) is 0 Å². The van der Waals surface area contributed by atoms with E-state index in [1.165, 1.54) is 9.13 Å². The van der Waals surface area contributed by atoms with Crippen LogP contribution in [0.4, 0.5) is 0 Å². The first kappa shape index (κ1) is 11.5. The molecule has 16 heavy (non-hydrogen) atoms. The van der Waals surface area contributed by atoms with Crippen molar-refractivity contribution in [3.63, 3.8) is 0 Å². The molecule has 1 atom stereocenters. The van der Waals surface area contributed by atoms with Crippen LogP contribution in [0.25, 0.3) is 0 Å². The van der Waals surface area contributed by atoms with Gasteiger partial charge in [0, 0.05) is 10.6 Å². The van der Waals surface area contributed by atoms with Gasteiger partial charge < -0.3 is 5.73 Å². The lowest BCUT2D eigenvalue weighted by atomic mass is 10.0. The molecule has 0 radical (unpaired) electrons. The number of aromatic nitrogens is 3. The Morgan fingerprint density at radius 2 is 2.19 bits per heavy atom. The average Bonchev–Trinajstić information content (AvgIpc) is 2.68. The molecule has 1 unspecified atom stereocenters. The maximum absolute atomic E-state index is 6.23. The summed E-state index contributed by atoms with van der Waals surface area (Å²) in [7, 11) is 1.85. The number of hydrogen-bond donors (Lipinski definition) is 1. The van der Waals surface area contributed by atoms with Crippen LogP contribution in [0, 0.1) is 10.5 Å². The topological polar surface area (TPSA) is 56.7 Å². The molecule has 1 heterocycles. The maximum atomic E-state index is 6.23. The van der Waals surface area contributed by atoms with E-state index < -0.39 is 0 Å². The molecule has 0 aliphatic heterocycles. The zero-order chi connectivity index (χ0) is 11.7. The molecule has 2 rings (SSSR count). The predicted octanol–water partition coefficient (Wildman–Crippen LogP) is 1.78. The molecule has 0 fully saturated rings. The molecule has 5 heteroatoms. The number of nitrogens with two attached hydrogens (primary N) is 1. The van der Waals surface area contributed by atoms with E-state index >= 15 is 0 Å². The number of hydrogen-bond acceptors (Lipinski definition) is 3. The van der Waals surface area contributed by atoms with E-state index in [0.29, 0.717) is 0 Å². The second-order valence-corrected chi connectivity index (χ2v) is 4.82. The second-order valence-electron chi connectivity index (χ2n) is 3.74. The standard InChI is InChI=1S/C11H13IN4/c1-7-4-3-5-8(10(7)12)11(13)9-6-14-15-16(9)2/h3-6,11H,13H2,1-2H3. The first-order chi connectivity index (χ1) is 7.61. The number of halogens is 1. The van der Waals surface area contributed by atoms with E-state index in [1.807, 2.05) is 19.2 Å². The van der Waals surface area contributed by atoms with Gasteiger partial charge in [-0.05, 0) is 40.6 Å². The Bertz CT molecular complexity index is 506. The first-order valence-electron chi connectivity index (χ1n) is 4.96. The molecule has 0 bridgehead atoms. The summed E-state index contributed by atoms with van der Waals surface area (Å²) in [6.45, 7) is 2.08. The Morgan fingerprint density at radius 3 is 2.81 bits per heavy atom. The summed E-state index contributed by atoms with van der Waals surface area (Å²) >= 11 is 2.33. The van der Waals surface area contributed by atoms with Crippen molar-refractivity contribution in [2.45, 2.75) is 13.0 Å². The van der Waals surface area contributed by atoms with E-state index in [0.717, 1.165) is 11.3 Å². The third-order valence-corrected chi connectivity index (χ3v) is 4.10. The van der Waals surface area contributed by atoms with Gasteiger partial charge in [0.2, 0.25) is 0 Å². The van der Waals surface area contributed by atoms with Gasteiger partial charge in [-0.1, -0.05) is 23.4 Å². The van der Waals surface area contributed by atoms with E-state index in [-0.39, 0.29) is 6.04 Å². The molecule has 2 aromatic rings. The lowest BCUT2D eigenvalue weighted by Crippen LogP contribution is -2.17. The Labute approximate surface area is 108 Å². The zero-order valence-corrected chi connectivity index (χ0v) is 11.3. The molecular weight excluding hydrogens is 315 g/mol. The monoisotopic (exact) mass is 328 g/mol. The number of nitrogens with zero attached hydrogens (tertiary/aromatic N) is 3. The number of aryl methyl sites for hydroxylation is 2. The Morgan fingerprint density at radius 1 is 1.44 bits per heavy atom. The van der Waals surface area contributed by atoms with Crippen molar-refractivity contribution in [2.75, 3.05) is 0 Å². The normalized spacial score (nSPS) is 12.8. The van der Waals surface area contributed by atoms with Gasteiger partial charge >= 0.3 is 0 Å². The summed E-state index contributed by atoms with van der Waals surface area (Å²) < 4.78 is 2.91. The van der Waals surface area contributed by atoms with Crippen molar-refractivity contribution >= 4 is 22.6 Å². The van der Waals surface area contributed by atoms with Gasteiger partial charge in [-0.15, -0.1) is 5.10 Å². The summed E-state index contributed by atoms with van der Waals surface area (Å²) in [5, 5.41) is 7.75. The Balaban J connectivity index is 2.46. The summed E-state index contributed by atoms with van der Waals surface area (Å²) in [5.41, 5.74) is 9.50. The summed E-state index contributed by atoms with van der Waals surface area (Å²) in [6, 6.07) is 5.98. The van der Waals surface area contributed by atoms with Crippen LogP contribution < -0.4 is 5.73 Å². The largest absolute Gasteiger partial charge is 0.319 e. The fourth-order valence-electron chi connectivity index (χ4n) is 1.65. The number of benzene rings is 1. The van der Waals surface area contributed by atoms with Crippen LogP contribution >= 0.6 is 22.6 Å². The van der Waals surface area contributed by atoms with Gasteiger partial charge in [0.05, 0.1) is 17.9 Å². The smallest absolute Gasteiger partial charge is 0.0796 e. The molecular formula is C11H13IN4. The zero-order valence-electron chi connectivity index (χ0n) is 9.18. The van der Waals surface area contributed by atoms with E-state index in [1.54, 1.807) is 10.9 Å².